The molecule has 6 nitrogen and oxygen atoms in total. The highest BCUT2D eigenvalue weighted by atomic mass is 16.5. The molecule has 0 aliphatic carbocycles. The van der Waals surface area contributed by atoms with E-state index in [0.717, 1.165) is 23.1 Å². The fourth-order valence-electron chi connectivity index (χ4n) is 1.93. The third kappa shape index (κ3) is 3.66. The zero-order valence-electron chi connectivity index (χ0n) is 12.6. The molecule has 0 saturated heterocycles. The van der Waals surface area contributed by atoms with Gasteiger partial charge < -0.3 is 19.1 Å². The van der Waals surface area contributed by atoms with Crippen LogP contribution in [0.5, 0.6) is 11.5 Å². The van der Waals surface area contributed by atoms with Crippen LogP contribution in [-0.4, -0.2) is 23.3 Å². The standard InChI is InChI=1S/C16H17NO5/c1-10-13(11(2)22-17-10)9-21-14-6-4-12(5-7-16(18)19)8-15(14)20-3/h4-8H,9H2,1-3H3,(H,18,19)/b7-5+. The smallest absolute Gasteiger partial charge is 0.328 e. The Labute approximate surface area is 128 Å². The number of ether oxygens (including phenoxy) is 2. The maximum Gasteiger partial charge on any atom is 0.328 e. The molecular formula is C16H17NO5. The van der Waals surface area contributed by atoms with Crippen molar-refractivity contribution in [3.8, 4) is 11.5 Å². The number of rotatable bonds is 6. The summed E-state index contributed by atoms with van der Waals surface area (Å²) in [7, 11) is 1.53. The van der Waals surface area contributed by atoms with Crippen LogP contribution in [0.1, 0.15) is 22.6 Å². The number of nitrogens with zero attached hydrogens (tertiary/aromatic N) is 1. The molecule has 0 saturated carbocycles. The summed E-state index contributed by atoms with van der Waals surface area (Å²) in [4.78, 5) is 10.5. The first kappa shape index (κ1) is 15.6. The summed E-state index contributed by atoms with van der Waals surface area (Å²) in [5.41, 5.74) is 2.40. The number of aliphatic carboxylic acids is 1. The molecule has 0 aliphatic heterocycles. The molecule has 1 aromatic carbocycles. The monoisotopic (exact) mass is 303 g/mol. The molecule has 0 atom stereocenters. The Balaban J connectivity index is 2.16. The summed E-state index contributed by atoms with van der Waals surface area (Å²) in [6, 6.07) is 5.20. The quantitative estimate of drug-likeness (QED) is 0.826. The SMILES string of the molecule is COc1cc(/C=C/C(=O)O)ccc1OCc1c(C)noc1C. The number of aromatic nitrogens is 1. The Morgan fingerprint density at radius 2 is 2.14 bits per heavy atom. The molecule has 0 aliphatic rings. The molecule has 1 aromatic heterocycles. The minimum absolute atomic E-state index is 0.321. The Hall–Kier alpha value is -2.76. The third-order valence-corrected chi connectivity index (χ3v) is 3.16. The fourth-order valence-corrected chi connectivity index (χ4v) is 1.93. The number of carboxylic acid groups (broad SMARTS) is 1. The summed E-state index contributed by atoms with van der Waals surface area (Å²) in [6.07, 6.45) is 2.56. The number of carbonyl (C=O) groups is 1. The minimum atomic E-state index is -1.00. The Morgan fingerprint density at radius 1 is 1.36 bits per heavy atom. The zero-order valence-corrected chi connectivity index (χ0v) is 12.6. The number of benzene rings is 1. The van der Waals surface area contributed by atoms with Crippen LogP contribution >= 0.6 is 0 Å². The maximum atomic E-state index is 10.5. The summed E-state index contributed by atoms with van der Waals surface area (Å²) in [5, 5.41) is 12.5. The van der Waals surface area contributed by atoms with Crippen molar-refractivity contribution in [2.75, 3.05) is 7.11 Å². The van der Waals surface area contributed by atoms with E-state index in [0.29, 0.717) is 23.7 Å². The molecule has 0 spiro atoms. The Bertz CT molecular complexity index is 683. The van der Waals surface area contributed by atoms with Crippen molar-refractivity contribution in [2.45, 2.75) is 20.5 Å². The van der Waals surface area contributed by atoms with E-state index in [2.05, 4.69) is 5.16 Å². The van der Waals surface area contributed by atoms with E-state index in [9.17, 15) is 4.79 Å². The van der Waals surface area contributed by atoms with Gasteiger partial charge in [-0.15, -0.1) is 0 Å². The number of aryl methyl sites for hydroxylation is 2. The van der Waals surface area contributed by atoms with Gasteiger partial charge in [-0.3, -0.25) is 0 Å². The van der Waals surface area contributed by atoms with Crippen LogP contribution in [0.25, 0.3) is 6.08 Å². The molecule has 0 bridgehead atoms. The van der Waals surface area contributed by atoms with Crippen molar-refractivity contribution in [1.82, 2.24) is 5.16 Å². The second-order valence-corrected chi connectivity index (χ2v) is 4.67. The van der Waals surface area contributed by atoms with Crippen molar-refractivity contribution in [3.63, 3.8) is 0 Å². The fraction of sp³-hybridized carbons (Fsp3) is 0.250. The highest BCUT2D eigenvalue weighted by Crippen LogP contribution is 2.29. The average molecular weight is 303 g/mol. The Morgan fingerprint density at radius 3 is 2.73 bits per heavy atom. The largest absolute Gasteiger partial charge is 0.493 e. The number of methoxy groups -OCH3 is 1. The van der Waals surface area contributed by atoms with Gasteiger partial charge in [0.15, 0.2) is 11.5 Å². The minimum Gasteiger partial charge on any atom is -0.493 e. The maximum absolute atomic E-state index is 10.5. The number of hydrogen-bond acceptors (Lipinski definition) is 5. The van der Waals surface area contributed by atoms with Crippen LogP contribution in [-0.2, 0) is 11.4 Å². The molecule has 1 N–H and O–H groups in total. The predicted molar refractivity (Wildman–Crippen MR) is 80.0 cm³/mol. The molecule has 1 heterocycles. The molecule has 2 aromatic rings. The lowest BCUT2D eigenvalue weighted by molar-refractivity contribution is -0.131. The van der Waals surface area contributed by atoms with Crippen molar-refractivity contribution in [3.05, 3.63) is 46.9 Å². The van der Waals surface area contributed by atoms with Gasteiger partial charge in [-0.25, -0.2) is 4.79 Å². The first-order chi connectivity index (χ1) is 10.5. The van der Waals surface area contributed by atoms with E-state index in [-0.39, 0.29) is 0 Å². The van der Waals surface area contributed by atoms with Gasteiger partial charge in [0, 0.05) is 6.08 Å². The lowest BCUT2D eigenvalue weighted by Crippen LogP contribution is -2.00. The first-order valence-electron chi connectivity index (χ1n) is 6.65. The van der Waals surface area contributed by atoms with Crippen molar-refractivity contribution in [2.24, 2.45) is 0 Å². The molecule has 0 radical (unpaired) electrons. The zero-order chi connectivity index (χ0) is 16.1. The van der Waals surface area contributed by atoms with E-state index in [1.165, 1.54) is 13.2 Å². The number of hydrogen-bond donors (Lipinski definition) is 1. The van der Waals surface area contributed by atoms with E-state index in [1.807, 2.05) is 13.8 Å². The Kier molecular flexibility index (Phi) is 4.83. The highest BCUT2D eigenvalue weighted by molar-refractivity contribution is 5.85. The third-order valence-electron chi connectivity index (χ3n) is 3.16. The van der Waals surface area contributed by atoms with Gasteiger partial charge in [-0.05, 0) is 37.6 Å². The normalized spacial score (nSPS) is 10.9. The topological polar surface area (TPSA) is 81.8 Å². The van der Waals surface area contributed by atoms with Crippen LogP contribution in [0.3, 0.4) is 0 Å². The van der Waals surface area contributed by atoms with Gasteiger partial charge in [-0.2, -0.15) is 0 Å². The summed E-state index contributed by atoms with van der Waals surface area (Å²) in [6.45, 7) is 4.00. The molecule has 0 amide bonds. The molecule has 0 unspecified atom stereocenters. The molecule has 22 heavy (non-hydrogen) atoms. The summed E-state index contributed by atoms with van der Waals surface area (Å²) >= 11 is 0. The molecular weight excluding hydrogens is 286 g/mol. The van der Waals surface area contributed by atoms with Crippen LogP contribution in [0, 0.1) is 13.8 Å². The van der Waals surface area contributed by atoms with Crippen molar-refractivity contribution >= 4 is 12.0 Å². The van der Waals surface area contributed by atoms with E-state index < -0.39 is 5.97 Å². The predicted octanol–water partition coefficient (Wildman–Crippen LogP) is 2.98. The summed E-state index contributed by atoms with van der Waals surface area (Å²) in [5.74, 6) is 0.810. The second-order valence-electron chi connectivity index (χ2n) is 4.67. The van der Waals surface area contributed by atoms with Crippen molar-refractivity contribution < 1.29 is 23.9 Å². The van der Waals surface area contributed by atoms with E-state index >= 15 is 0 Å². The van der Waals surface area contributed by atoms with Crippen LogP contribution < -0.4 is 9.47 Å². The molecule has 2 rings (SSSR count). The average Bonchev–Trinajstić information content (AvgIpc) is 2.82. The van der Waals surface area contributed by atoms with Gasteiger partial charge in [-0.1, -0.05) is 11.2 Å². The van der Waals surface area contributed by atoms with Crippen molar-refractivity contribution in [1.29, 1.82) is 0 Å². The van der Waals surface area contributed by atoms with Gasteiger partial charge in [0.05, 0.1) is 18.4 Å². The highest BCUT2D eigenvalue weighted by Gasteiger charge is 2.11. The lowest BCUT2D eigenvalue weighted by atomic mass is 10.2. The van der Waals surface area contributed by atoms with E-state index in [1.54, 1.807) is 18.2 Å². The first-order valence-corrected chi connectivity index (χ1v) is 6.65. The molecule has 116 valence electrons. The van der Waals surface area contributed by atoms with E-state index in [4.69, 9.17) is 19.1 Å². The van der Waals surface area contributed by atoms with Crippen LogP contribution in [0.15, 0.2) is 28.8 Å². The molecule has 6 heteroatoms. The second kappa shape index (κ2) is 6.80. The van der Waals surface area contributed by atoms with Gasteiger partial charge >= 0.3 is 5.97 Å². The van der Waals surface area contributed by atoms with Gasteiger partial charge in [0.1, 0.15) is 12.4 Å². The van der Waals surface area contributed by atoms with Gasteiger partial charge in [0.2, 0.25) is 0 Å². The molecule has 0 fully saturated rings. The lowest BCUT2D eigenvalue weighted by Gasteiger charge is -2.11. The van der Waals surface area contributed by atoms with Crippen LogP contribution in [0.4, 0.5) is 0 Å². The summed E-state index contributed by atoms with van der Waals surface area (Å²) < 4.78 is 16.1. The van der Waals surface area contributed by atoms with Crippen LogP contribution in [0.2, 0.25) is 0 Å². The van der Waals surface area contributed by atoms with Gasteiger partial charge in [0.25, 0.3) is 0 Å². The number of carboxylic acids is 1.